The van der Waals surface area contributed by atoms with Crippen molar-refractivity contribution in [2.24, 2.45) is 11.7 Å². The number of carbonyl (C=O) groups is 3. The van der Waals surface area contributed by atoms with Crippen LogP contribution in [-0.2, 0) is 34.0 Å². The molecule has 8 heteroatoms. The molecule has 3 amide bonds. The Morgan fingerprint density at radius 1 is 0.757 bits per heavy atom. The van der Waals surface area contributed by atoms with Crippen LogP contribution in [0.3, 0.4) is 0 Å². The Bertz CT molecular complexity index is 1150. The first-order valence-electron chi connectivity index (χ1n) is 12.1. The van der Waals surface area contributed by atoms with E-state index in [1.807, 2.05) is 72.8 Å². The van der Waals surface area contributed by atoms with Crippen LogP contribution in [0.1, 0.15) is 30.5 Å². The zero-order chi connectivity index (χ0) is 26.6. The minimum absolute atomic E-state index is 0.0775. The van der Waals surface area contributed by atoms with Crippen molar-refractivity contribution in [3.8, 4) is 5.75 Å². The maximum atomic E-state index is 13.0. The molecule has 2 atom stereocenters. The predicted molar refractivity (Wildman–Crippen MR) is 140 cm³/mol. The van der Waals surface area contributed by atoms with E-state index in [2.05, 4.69) is 10.6 Å². The lowest BCUT2D eigenvalue weighted by Gasteiger charge is -2.24. The van der Waals surface area contributed by atoms with Crippen LogP contribution in [0.15, 0.2) is 84.9 Å². The van der Waals surface area contributed by atoms with E-state index in [9.17, 15) is 14.4 Å². The van der Waals surface area contributed by atoms with Crippen LogP contribution >= 0.6 is 0 Å². The van der Waals surface area contributed by atoms with Gasteiger partial charge in [0.1, 0.15) is 31.0 Å². The topological polar surface area (TPSA) is 120 Å². The molecular formula is C29H33N3O5. The third-order valence-electron chi connectivity index (χ3n) is 5.71. The van der Waals surface area contributed by atoms with Crippen molar-refractivity contribution in [2.45, 2.75) is 45.6 Å². The molecule has 0 aliphatic rings. The van der Waals surface area contributed by atoms with Crippen LogP contribution in [0, 0.1) is 5.92 Å². The average molecular weight is 504 g/mol. The van der Waals surface area contributed by atoms with Crippen LogP contribution < -0.4 is 21.1 Å². The highest BCUT2D eigenvalue weighted by atomic mass is 16.5. The van der Waals surface area contributed by atoms with E-state index in [1.54, 1.807) is 26.0 Å². The first-order valence-corrected chi connectivity index (χ1v) is 12.1. The van der Waals surface area contributed by atoms with E-state index >= 15 is 0 Å². The maximum absolute atomic E-state index is 13.0. The Morgan fingerprint density at radius 3 is 1.86 bits per heavy atom. The third kappa shape index (κ3) is 9.00. The highest BCUT2D eigenvalue weighted by Crippen LogP contribution is 2.16. The third-order valence-corrected chi connectivity index (χ3v) is 5.71. The molecule has 0 saturated carbocycles. The first-order chi connectivity index (χ1) is 17.8. The minimum Gasteiger partial charge on any atom is -0.489 e. The maximum Gasteiger partial charge on any atom is 0.408 e. The van der Waals surface area contributed by atoms with Crippen molar-refractivity contribution in [1.29, 1.82) is 0 Å². The van der Waals surface area contributed by atoms with Crippen molar-refractivity contribution in [2.75, 3.05) is 0 Å². The molecule has 8 nitrogen and oxygen atoms in total. The summed E-state index contributed by atoms with van der Waals surface area (Å²) in [6.45, 7) is 4.09. The minimum atomic E-state index is -0.952. The molecule has 0 aliphatic carbocycles. The lowest BCUT2D eigenvalue weighted by molar-refractivity contribution is -0.129. The van der Waals surface area contributed by atoms with Crippen LogP contribution in [0.4, 0.5) is 4.79 Å². The lowest BCUT2D eigenvalue weighted by Crippen LogP contribution is -2.55. The van der Waals surface area contributed by atoms with Crippen molar-refractivity contribution in [1.82, 2.24) is 10.6 Å². The Morgan fingerprint density at radius 2 is 1.32 bits per heavy atom. The molecular weight excluding hydrogens is 470 g/mol. The molecule has 37 heavy (non-hydrogen) atoms. The van der Waals surface area contributed by atoms with Gasteiger partial charge in [0.2, 0.25) is 11.8 Å². The number of benzene rings is 3. The Balaban J connectivity index is 1.54. The van der Waals surface area contributed by atoms with Crippen molar-refractivity contribution >= 4 is 17.9 Å². The van der Waals surface area contributed by atoms with Gasteiger partial charge in [-0.2, -0.15) is 0 Å². The van der Waals surface area contributed by atoms with Crippen LogP contribution in [0.25, 0.3) is 0 Å². The fourth-order valence-electron chi connectivity index (χ4n) is 3.61. The SMILES string of the molecule is CC(C)[C@@H](NC(=O)OCc1ccccc1)C(=O)N[C@H](Cc1ccc(OCc2ccccc2)cc1)C(N)=O. The number of carbonyl (C=O) groups excluding carboxylic acids is 3. The summed E-state index contributed by atoms with van der Waals surface area (Å²) in [5.41, 5.74) is 8.26. The summed E-state index contributed by atoms with van der Waals surface area (Å²) in [5.74, 6) is -0.755. The summed E-state index contributed by atoms with van der Waals surface area (Å²) < 4.78 is 11.0. The molecule has 194 valence electrons. The monoisotopic (exact) mass is 503 g/mol. The average Bonchev–Trinajstić information content (AvgIpc) is 2.90. The zero-order valence-electron chi connectivity index (χ0n) is 21.1. The number of nitrogens with two attached hydrogens (primary N) is 1. The van der Waals surface area contributed by atoms with Crippen molar-refractivity contribution in [3.63, 3.8) is 0 Å². The number of amides is 3. The van der Waals surface area contributed by atoms with E-state index in [0.29, 0.717) is 12.4 Å². The highest BCUT2D eigenvalue weighted by molar-refractivity contribution is 5.91. The van der Waals surface area contributed by atoms with Gasteiger partial charge >= 0.3 is 6.09 Å². The van der Waals surface area contributed by atoms with Gasteiger partial charge in [0.05, 0.1) is 0 Å². The molecule has 0 aromatic heterocycles. The van der Waals surface area contributed by atoms with E-state index in [4.69, 9.17) is 15.2 Å². The Hall–Kier alpha value is -4.33. The molecule has 4 N–H and O–H groups in total. The normalized spacial score (nSPS) is 12.3. The van der Waals surface area contributed by atoms with E-state index in [0.717, 1.165) is 16.7 Å². The molecule has 0 unspecified atom stereocenters. The van der Waals surface area contributed by atoms with Crippen LogP contribution in [0.2, 0.25) is 0 Å². The van der Waals surface area contributed by atoms with E-state index in [-0.39, 0.29) is 18.9 Å². The second kappa shape index (κ2) is 13.7. The molecule has 0 aliphatic heterocycles. The molecule has 0 radical (unpaired) electrons. The van der Waals surface area contributed by atoms with E-state index in [1.165, 1.54) is 0 Å². The molecule has 0 saturated heterocycles. The summed E-state index contributed by atoms with van der Waals surface area (Å²) >= 11 is 0. The zero-order valence-corrected chi connectivity index (χ0v) is 21.1. The largest absolute Gasteiger partial charge is 0.489 e. The van der Waals surface area contributed by atoms with Crippen LogP contribution in [-0.4, -0.2) is 30.0 Å². The van der Waals surface area contributed by atoms with Crippen molar-refractivity contribution < 1.29 is 23.9 Å². The van der Waals surface area contributed by atoms with Gasteiger partial charge in [-0.1, -0.05) is 86.6 Å². The second-order valence-electron chi connectivity index (χ2n) is 9.01. The molecule has 3 rings (SSSR count). The summed E-state index contributed by atoms with van der Waals surface area (Å²) in [5, 5.41) is 5.26. The number of primary amides is 1. The fourth-order valence-corrected chi connectivity index (χ4v) is 3.61. The van der Waals surface area contributed by atoms with Gasteiger partial charge in [0, 0.05) is 6.42 Å². The number of rotatable bonds is 12. The van der Waals surface area contributed by atoms with Gasteiger partial charge in [0.15, 0.2) is 0 Å². The molecule has 0 spiro atoms. The second-order valence-corrected chi connectivity index (χ2v) is 9.01. The molecule has 0 bridgehead atoms. The highest BCUT2D eigenvalue weighted by Gasteiger charge is 2.28. The van der Waals surface area contributed by atoms with Crippen molar-refractivity contribution in [3.05, 3.63) is 102 Å². The lowest BCUT2D eigenvalue weighted by atomic mass is 10.0. The number of alkyl carbamates (subject to hydrolysis) is 1. The van der Waals surface area contributed by atoms with E-state index < -0.39 is 30.0 Å². The summed E-state index contributed by atoms with van der Waals surface area (Å²) in [4.78, 5) is 37.4. The first kappa shape index (κ1) is 27.3. The van der Waals surface area contributed by atoms with Crippen LogP contribution in [0.5, 0.6) is 5.75 Å². The van der Waals surface area contributed by atoms with Gasteiger partial charge in [0.25, 0.3) is 0 Å². The summed E-state index contributed by atoms with van der Waals surface area (Å²) in [6, 6.07) is 24.4. The standard InChI is InChI=1S/C29H33N3O5/c1-20(2)26(32-29(35)37-19-23-11-7-4-8-12-23)28(34)31-25(27(30)33)17-21-13-15-24(16-14-21)36-18-22-9-5-3-6-10-22/h3-16,20,25-26H,17-19H2,1-2H3,(H2,30,33)(H,31,34)(H,32,35)/t25-,26-/m1/s1. The Labute approximate surface area is 217 Å². The number of hydrogen-bond acceptors (Lipinski definition) is 5. The van der Waals surface area contributed by atoms with Gasteiger partial charge in [-0.15, -0.1) is 0 Å². The predicted octanol–water partition coefficient (Wildman–Crippen LogP) is 3.73. The van der Waals surface area contributed by atoms with Gasteiger partial charge in [-0.25, -0.2) is 4.79 Å². The molecule has 0 heterocycles. The summed E-state index contributed by atoms with van der Waals surface area (Å²) in [7, 11) is 0. The summed E-state index contributed by atoms with van der Waals surface area (Å²) in [6.07, 6.45) is -0.525. The number of nitrogens with one attached hydrogen (secondary N) is 2. The number of ether oxygens (including phenoxy) is 2. The molecule has 3 aromatic rings. The Kier molecular flexibility index (Phi) is 10.1. The fraction of sp³-hybridized carbons (Fsp3) is 0.276. The molecule has 0 fully saturated rings. The quantitative estimate of drug-likeness (QED) is 0.348. The van der Waals surface area contributed by atoms with Gasteiger partial charge in [-0.3, -0.25) is 9.59 Å². The van der Waals surface area contributed by atoms with Gasteiger partial charge in [-0.05, 0) is 34.7 Å². The number of hydrogen-bond donors (Lipinski definition) is 3. The molecule has 3 aromatic carbocycles. The van der Waals surface area contributed by atoms with Gasteiger partial charge < -0.3 is 25.8 Å². The smallest absolute Gasteiger partial charge is 0.408 e.